The van der Waals surface area contributed by atoms with Crippen LogP contribution in [0.4, 0.5) is 8.78 Å². The van der Waals surface area contributed by atoms with Crippen LogP contribution in [-0.4, -0.2) is 10.1 Å². The summed E-state index contributed by atoms with van der Waals surface area (Å²) >= 11 is 0. The molecule has 1 aromatic carbocycles. The molecule has 0 aliphatic rings. The Kier molecular flexibility index (Phi) is 2.66. The van der Waals surface area contributed by atoms with Crippen LogP contribution in [0.1, 0.15) is 18.8 Å². The largest absolute Gasteiger partial charge is 0.334 e. The van der Waals surface area contributed by atoms with Gasteiger partial charge in [0.1, 0.15) is 11.6 Å². The van der Waals surface area contributed by atoms with Crippen LogP contribution < -0.4 is 5.73 Å². The standard InChI is InChI=1S/C10H9F2N3O/c1-5(13)9-14-10(16-15-9)7-3-2-6(11)4-8(7)12/h2-5H,13H2,1H3. The fourth-order valence-corrected chi connectivity index (χ4v) is 1.19. The molecule has 4 nitrogen and oxygen atoms in total. The zero-order valence-electron chi connectivity index (χ0n) is 8.45. The lowest BCUT2D eigenvalue weighted by Gasteiger charge is -1.96. The molecule has 84 valence electrons. The quantitative estimate of drug-likeness (QED) is 0.849. The predicted octanol–water partition coefficient (Wildman–Crippen LogP) is 2.03. The molecule has 0 fully saturated rings. The monoisotopic (exact) mass is 225 g/mol. The van der Waals surface area contributed by atoms with Gasteiger partial charge in [-0.15, -0.1) is 0 Å². The summed E-state index contributed by atoms with van der Waals surface area (Å²) in [5, 5.41) is 3.58. The van der Waals surface area contributed by atoms with Crippen LogP contribution in [0, 0.1) is 11.6 Å². The molecule has 1 aromatic heterocycles. The minimum atomic E-state index is -0.750. The third-order valence-corrected chi connectivity index (χ3v) is 2.01. The van der Waals surface area contributed by atoms with Crippen molar-refractivity contribution in [2.45, 2.75) is 13.0 Å². The van der Waals surface area contributed by atoms with Crippen LogP contribution in [0.5, 0.6) is 0 Å². The van der Waals surface area contributed by atoms with Crippen molar-refractivity contribution < 1.29 is 13.3 Å². The first-order valence-corrected chi connectivity index (χ1v) is 4.62. The first-order valence-electron chi connectivity index (χ1n) is 4.62. The molecule has 0 aliphatic carbocycles. The molecule has 16 heavy (non-hydrogen) atoms. The summed E-state index contributed by atoms with van der Waals surface area (Å²) in [5.41, 5.74) is 5.58. The Morgan fingerprint density at radius 2 is 2.12 bits per heavy atom. The summed E-state index contributed by atoms with van der Waals surface area (Å²) in [6, 6.07) is 2.71. The highest BCUT2D eigenvalue weighted by atomic mass is 19.1. The van der Waals surface area contributed by atoms with Gasteiger partial charge in [-0.05, 0) is 19.1 Å². The van der Waals surface area contributed by atoms with E-state index in [-0.39, 0.29) is 17.3 Å². The molecular formula is C10H9F2N3O. The van der Waals surface area contributed by atoms with Crippen molar-refractivity contribution >= 4 is 0 Å². The molecule has 2 rings (SSSR count). The van der Waals surface area contributed by atoms with E-state index in [1.807, 2.05) is 0 Å². The molecule has 0 bridgehead atoms. The van der Waals surface area contributed by atoms with Gasteiger partial charge in [-0.2, -0.15) is 4.98 Å². The highest BCUT2D eigenvalue weighted by Crippen LogP contribution is 2.22. The van der Waals surface area contributed by atoms with Gasteiger partial charge in [0.25, 0.3) is 5.89 Å². The number of benzene rings is 1. The molecule has 0 spiro atoms. The van der Waals surface area contributed by atoms with Gasteiger partial charge in [-0.25, -0.2) is 8.78 Å². The number of rotatable bonds is 2. The van der Waals surface area contributed by atoms with Gasteiger partial charge in [0.2, 0.25) is 0 Å². The Hall–Kier alpha value is -1.82. The lowest BCUT2D eigenvalue weighted by Crippen LogP contribution is -2.06. The maximum atomic E-state index is 13.3. The SMILES string of the molecule is CC(N)c1noc(-c2ccc(F)cc2F)n1. The van der Waals surface area contributed by atoms with Gasteiger partial charge in [0.15, 0.2) is 5.82 Å². The van der Waals surface area contributed by atoms with E-state index in [1.165, 1.54) is 6.07 Å². The summed E-state index contributed by atoms with van der Waals surface area (Å²) < 4.78 is 30.8. The summed E-state index contributed by atoms with van der Waals surface area (Å²) in [4.78, 5) is 3.91. The summed E-state index contributed by atoms with van der Waals surface area (Å²) in [6.45, 7) is 1.68. The normalized spacial score (nSPS) is 12.8. The van der Waals surface area contributed by atoms with E-state index in [2.05, 4.69) is 10.1 Å². The van der Waals surface area contributed by atoms with Crippen LogP contribution in [0.3, 0.4) is 0 Å². The molecule has 6 heteroatoms. The first-order chi connectivity index (χ1) is 7.58. The second-order valence-corrected chi connectivity index (χ2v) is 3.37. The van der Waals surface area contributed by atoms with Crippen molar-refractivity contribution in [2.75, 3.05) is 0 Å². The molecular weight excluding hydrogens is 216 g/mol. The fraction of sp³-hybridized carbons (Fsp3) is 0.200. The summed E-state index contributed by atoms with van der Waals surface area (Å²) in [6.07, 6.45) is 0. The minimum Gasteiger partial charge on any atom is -0.334 e. The topological polar surface area (TPSA) is 64.9 Å². The van der Waals surface area contributed by atoms with Gasteiger partial charge in [0, 0.05) is 6.07 Å². The Morgan fingerprint density at radius 1 is 1.38 bits per heavy atom. The molecule has 2 aromatic rings. The molecule has 0 saturated carbocycles. The van der Waals surface area contributed by atoms with Gasteiger partial charge >= 0.3 is 0 Å². The zero-order chi connectivity index (χ0) is 11.7. The van der Waals surface area contributed by atoms with Crippen molar-refractivity contribution in [2.24, 2.45) is 5.73 Å². The fourth-order valence-electron chi connectivity index (χ4n) is 1.19. The average Bonchev–Trinajstić information content (AvgIpc) is 2.66. The minimum absolute atomic E-state index is 0.00944. The van der Waals surface area contributed by atoms with E-state index < -0.39 is 17.7 Å². The molecule has 0 amide bonds. The number of nitrogens with two attached hydrogens (primary N) is 1. The van der Waals surface area contributed by atoms with Gasteiger partial charge < -0.3 is 10.3 Å². The van der Waals surface area contributed by atoms with E-state index >= 15 is 0 Å². The van der Waals surface area contributed by atoms with E-state index in [9.17, 15) is 8.78 Å². The van der Waals surface area contributed by atoms with Crippen molar-refractivity contribution in [3.8, 4) is 11.5 Å². The van der Waals surface area contributed by atoms with Crippen molar-refractivity contribution in [3.05, 3.63) is 35.7 Å². The second-order valence-electron chi connectivity index (χ2n) is 3.37. The molecule has 1 atom stereocenters. The van der Waals surface area contributed by atoms with E-state index in [4.69, 9.17) is 10.3 Å². The molecule has 2 N–H and O–H groups in total. The number of hydrogen-bond acceptors (Lipinski definition) is 4. The van der Waals surface area contributed by atoms with Crippen LogP contribution in [0.25, 0.3) is 11.5 Å². The second kappa shape index (κ2) is 3.97. The van der Waals surface area contributed by atoms with E-state index in [0.29, 0.717) is 0 Å². The Bertz CT molecular complexity index is 511. The van der Waals surface area contributed by atoms with Gasteiger partial charge in [-0.1, -0.05) is 5.16 Å². The van der Waals surface area contributed by atoms with Crippen LogP contribution in [0.2, 0.25) is 0 Å². The number of hydrogen-bond donors (Lipinski definition) is 1. The Morgan fingerprint density at radius 3 is 2.69 bits per heavy atom. The van der Waals surface area contributed by atoms with Gasteiger partial charge in [-0.3, -0.25) is 0 Å². The van der Waals surface area contributed by atoms with Crippen LogP contribution in [-0.2, 0) is 0 Å². The molecule has 1 unspecified atom stereocenters. The third-order valence-electron chi connectivity index (χ3n) is 2.01. The maximum absolute atomic E-state index is 13.3. The number of halogens is 2. The lowest BCUT2D eigenvalue weighted by molar-refractivity contribution is 0.416. The van der Waals surface area contributed by atoms with E-state index in [1.54, 1.807) is 6.92 Å². The van der Waals surface area contributed by atoms with E-state index in [0.717, 1.165) is 12.1 Å². The maximum Gasteiger partial charge on any atom is 0.260 e. The number of aromatic nitrogens is 2. The number of nitrogens with zero attached hydrogens (tertiary/aromatic N) is 2. The Labute approximate surface area is 90.1 Å². The average molecular weight is 225 g/mol. The molecule has 0 radical (unpaired) electrons. The molecule has 0 saturated heterocycles. The molecule has 0 aliphatic heterocycles. The lowest BCUT2D eigenvalue weighted by atomic mass is 10.2. The van der Waals surface area contributed by atoms with Crippen LogP contribution in [0.15, 0.2) is 22.7 Å². The molecule has 1 heterocycles. The Balaban J connectivity index is 2.42. The van der Waals surface area contributed by atoms with Crippen molar-refractivity contribution in [1.29, 1.82) is 0 Å². The summed E-state index contributed by atoms with van der Waals surface area (Å²) in [5.74, 6) is -1.14. The van der Waals surface area contributed by atoms with Crippen molar-refractivity contribution in [3.63, 3.8) is 0 Å². The zero-order valence-corrected chi connectivity index (χ0v) is 8.45. The van der Waals surface area contributed by atoms with Gasteiger partial charge in [0.05, 0.1) is 11.6 Å². The smallest absolute Gasteiger partial charge is 0.260 e. The highest BCUT2D eigenvalue weighted by molar-refractivity contribution is 5.53. The third kappa shape index (κ3) is 1.92. The first kappa shape index (κ1) is 10.7. The predicted molar refractivity (Wildman–Crippen MR) is 52.3 cm³/mol. The van der Waals surface area contributed by atoms with Crippen LogP contribution >= 0.6 is 0 Å². The summed E-state index contributed by atoms with van der Waals surface area (Å²) in [7, 11) is 0. The van der Waals surface area contributed by atoms with Crippen molar-refractivity contribution in [1.82, 2.24) is 10.1 Å². The highest BCUT2D eigenvalue weighted by Gasteiger charge is 2.15.